The third kappa shape index (κ3) is 3.62. The monoisotopic (exact) mass is 455 g/mol. The molecule has 1 aliphatic heterocycles. The Labute approximate surface area is 192 Å². The van der Waals surface area contributed by atoms with Gasteiger partial charge < -0.3 is 10.2 Å². The quantitative estimate of drug-likeness (QED) is 0.279. The first kappa shape index (κ1) is 20.5. The summed E-state index contributed by atoms with van der Waals surface area (Å²) in [5.74, 6) is -1.42. The van der Waals surface area contributed by atoms with E-state index in [-0.39, 0.29) is 22.9 Å². The van der Waals surface area contributed by atoms with Crippen LogP contribution in [0.5, 0.6) is 5.75 Å². The number of nitrogens with one attached hydrogen (secondary N) is 1. The lowest BCUT2D eigenvalue weighted by atomic mass is 10.0. The molecule has 0 aliphatic carbocycles. The number of phenols is 1. The van der Waals surface area contributed by atoms with E-state index >= 15 is 0 Å². The Balaban J connectivity index is 1.50. The van der Waals surface area contributed by atoms with Crippen LogP contribution in [0.2, 0.25) is 0 Å². The van der Waals surface area contributed by atoms with E-state index in [0.29, 0.717) is 22.4 Å². The molecule has 33 heavy (non-hydrogen) atoms. The molecule has 0 fully saturated rings. The third-order valence-corrected chi connectivity index (χ3v) is 6.13. The molecule has 0 atom stereocenters. The number of carbonyl (C=O) groups excluding carboxylic acids is 1. The molecule has 4 aromatic rings. The number of benzene rings is 3. The van der Waals surface area contributed by atoms with Crippen molar-refractivity contribution < 1.29 is 19.8 Å². The van der Waals surface area contributed by atoms with Crippen molar-refractivity contribution in [2.24, 2.45) is 5.10 Å². The minimum absolute atomic E-state index is 0.0989. The number of carboxylic acid groups (broad SMARTS) is 1. The van der Waals surface area contributed by atoms with Gasteiger partial charge in [-0.15, -0.1) is 11.3 Å². The van der Waals surface area contributed by atoms with Gasteiger partial charge in [0.25, 0.3) is 5.91 Å². The highest BCUT2D eigenvalue weighted by molar-refractivity contribution is 7.14. The molecule has 1 aliphatic rings. The Kier molecular flexibility index (Phi) is 5.12. The molecule has 0 unspecified atom stereocenters. The Morgan fingerprint density at radius 1 is 0.939 bits per heavy atom. The number of rotatable bonds is 5. The number of thiophene rings is 1. The number of fused-ring (bicyclic) bond motifs is 1. The molecular formula is C25H17N3O4S. The van der Waals surface area contributed by atoms with Crippen molar-refractivity contribution in [2.75, 3.05) is 10.3 Å². The molecule has 0 spiro atoms. The number of aromatic hydroxyl groups is 1. The molecule has 7 nitrogen and oxygen atoms in total. The van der Waals surface area contributed by atoms with Crippen molar-refractivity contribution in [1.29, 1.82) is 0 Å². The number of carbonyl (C=O) groups is 2. The van der Waals surface area contributed by atoms with Crippen LogP contribution in [-0.4, -0.2) is 27.8 Å². The molecule has 8 heteroatoms. The fourth-order valence-corrected chi connectivity index (χ4v) is 4.47. The van der Waals surface area contributed by atoms with Crippen molar-refractivity contribution in [3.05, 3.63) is 95.4 Å². The summed E-state index contributed by atoms with van der Waals surface area (Å²) in [5, 5.41) is 27.1. The van der Waals surface area contributed by atoms with Crippen LogP contribution >= 0.6 is 11.3 Å². The van der Waals surface area contributed by atoms with Gasteiger partial charge in [-0.05, 0) is 47.3 Å². The zero-order chi connectivity index (χ0) is 22.9. The van der Waals surface area contributed by atoms with Gasteiger partial charge in [0.15, 0.2) is 5.71 Å². The van der Waals surface area contributed by atoms with Crippen LogP contribution in [0.4, 0.5) is 16.4 Å². The molecule has 1 amide bonds. The van der Waals surface area contributed by atoms with Crippen molar-refractivity contribution in [3.8, 4) is 16.9 Å². The number of phenolic OH excluding ortho intramolecular Hbond substituents is 1. The number of para-hydroxylation sites is 2. The largest absolute Gasteiger partial charge is 0.505 e. The van der Waals surface area contributed by atoms with Crippen molar-refractivity contribution in [3.63, 3.8) is 0 Å². The van der Waals surface area contributed by atoms with Crippen LogP contribution in [0, 0.1) is 0 Å². The van der Waals surface area contributed by atoms with Crippen LogP contribution in [0.25, 0.3) is 11.1 Å². The number of nitrogens with zero attached hydrogens (tertiary/aromatic N) is 2. The molecule has 0 radical (unpaired) electrons. The Morgan fingerprint density at radius 3 is 2.52 bits per heavy atom. The third-order valence-electron chi connectivity index (χ3n) is 5.28. The summed E-state index contributed by atoms with van der Waals surface area (Å²) in [6, 6.07) is 22.5. The lowest BCUT2D eigenvalue weighted by molar-refractivity contribution is -0.111. The van der Waals surface area contributed by atoms with E-state index < -0.39 is 5.97 Å². The van der Waals surface area contributed by atoms with E-state index in [1.807, 2.05) is 41.8 Å². The zero-order valence-electron chi connectivity index (χ0n) is 17.1. The van der Waals surface area contributed by atoms with E-state index in [1.165, 1.54) is 23.5 Å². The number of amides is 1. The first-order chi connectivity index (χ1) is 16.0. The summed E-state index contributed by atoms with van der Waals surface area (Å²) in [6.07, 6.45) is 0. The smallest absolute Gasteiger partial charge is 0.335 e. The van der Waals surface area contributed by atoms with Gasteiger partial charge in [-0.1, -0.05) is 42.5 Å². The molecule has 162 valence electrons. The van der Waals surface area contributed by atoms with Crippen molar-refractivity contribution in [2.45, 2.75) is 0 Å². The Morgan fingerprint density at radius 2 is 1.73 bits per heavy atom. The lowest BCUT2D eigenvalue weighted by Crippen LogP contribution is -2.25. The average Bonchev–Trinajstić information content (AvgIpc) is 3.44. The molecule has 3 N–H and O–H groups in total. The van der Waals surface area contributed by atoms with Gasteiger partial charge >= 0.3 is 5.97 Å². The van der Waals surface area contributed by atoms with Crippen LogP contribution in [0.3, 0.4) is 0 Å². The second kappa shape index (κ2) is 8.25. The molecule has 2 heterocycles. The van der Waals surface area contributed by atoms with E-state index in [0.717, 1.165) is 10.7 Å². The SMILES string of the molecule is O=C(O)c1cccc(-c2cccc(NN=C3C(=O)N(c4cccs4)c4ccccc43)c2O)c1. The second-order valence-electron chi connectivity index (χ2n) is 7.27. The second-order valence-corrected chi connectivity index (χ2v) is 8.20. The molecular weight excluding hydrogens is 438 g/mol. The van der Waals surface area contributed by atoms with Crippen molar-refractivity contribution >= 4 is 45.3 Å². The van der Waals surface area contributed by atoms with E-state index in [2.05, 4.69) is 10.5 Å². The van der Waals surface area contributed by atoms with Crippen LogP contribution in [-0.2, 0) is 4.79 Å². The fraction of sp³-hybridized carbons (Fsp3) is 0. The number of carboxylic acids is 1. The van der Waals surface area contributed by atoms with Gasteiger partial charge in [-0.25, -0.2) is 4.79 Å². The maximum absolute atomic E-state index is 13.2. The first-order valence-corrected chi connectivity index (χ1v) is 10.9. The highest BCUT2D eigenvalue weighted by Crippen LogP contribution is 2.39. The minimum atomic E-state index is -1.05. The Hall–Kier alpha value is -4.43. The van der Waals surface area contributed by atoms with Crippen LogP contribution < -0.4 is 10.3 Å². The summed E-state index contributed by atoms with van der Waals surface area (Å²) in [7, 11) is 0. The van der Waals surface area contributed by atoms with Gasteiger partial charge in [0.1, 0.15) is 10.8 Å². The first-order valence-electron chi connectivity index (χ1n) is 10.0. The van der Waals surface area contributed by atoms with Crippen LogP contribution in [0.1, 0.15) is 15.9 Å². The normalized spacial score (nSPS) is 13.9. The maximum Gasteiger partial charge on any atom is 0.335 e. The van der Waals surface area contributed by atoms with Gasteiger partial charge in [-0.2, -0.15) is 5.10 Å². The highest BCUT2D eigenvalue weighted by Gasteiger charge is 2.35. The lowest BCUT2D eigenvalue weighted by Gasteiger charge is -2.13. The number of hydrogen-bond acceptors (Lipinski definition) is 6. The predicted octanol–water partition coefficient (Wildman–Crippen LogP) is 5.31. The molecule has 0 saturated heterocycles. The average molecular weight is 455 g/mol. The standard InChI is InChI=1S/C25H17N3O4S/c29-23-17(15-6-3-7-16(14-15)25(31)32)9-4-10-19(23)26-27-22-18-8-1-2-11-20(18)28(24(22)30)21-12-5-13-33-21/h1-14,26,29H,(H,31,32). The number of aromatic carboxylic acids is 1. The molecule has 1 aromatic heterocycles. The van der Waals surface area contributed by atoms with Crippen LogP contribution in [0.15, 0.2) is 89.3 Å². The molecule has 3 aromatic carbocycles. The topological polar surface area (TPSA) is 102 Å². The highest BCUT2D eigenvalue weighted by atomic mass is 32.1. The summed E-state index contributed by atoms with van der Waals surface area (Å²) < 4.78 is 0. The van der Waals surface area contributed by atoms with E-state index in [4.69, 9.17) is 0 Å². The fourth-order valence-electron chi connectivity index (χ4n) is 3.73. The van der Waals surface area contributed by atoms with Gasteiger partial charge in [0, 0.05) is 11.1 Å². The molecule has 5 rings (SSSR count). The summed E-state index contributed by atoms with van der Waals surface area (Å²) in [6.45, 7) is 0. The minimum Gasteiger partial charge on any atom is -0.505 e. The van der Waals surface area contributed by atoms with E-state index in [9.17, 15) is 19.8 Å². The van der Waals surface area contributed by atoms with Gasteiger partial charge in [0.05, 0.1) is 16.9 Å². The van der Waals surface area contributed by atoms with Gasteiger partial charge in [-0.3, -0.25) is 15.1 Å². The summed E-state index contributed by atoms with van der Waals surface area (Å²) in [5.41, 5.74) is 5.89. The molecule has 0 bridgehead atoms. The number of hydrazone groups is 1. The maximum atomic E-state index is 13.2. The number of anilines is 3. The Bertz CT molecular complexity index is 1410. The number of hydrogen-bond donors (Lipinski definition) is 3. The predicted molar refractivity (Wildman–Crippen MR) is 129 cm³/mol. The summed E-state index contributed by atoms with van der Waals surface area (Å²) in [4.78, 5) is 26.1. The summed E-state index contributed by atoms with van der Waals surface area (Å²) >= 11 is 1.46. The van der Waals surface area contributed by atoms with E-state index in [1.54, 1.807) is 35.2 Å². The van der Waals surface area contributed by atoms with Gasteiger partial charge in [0.2, 0.25) is 0 Å². The van der Waals surface area contributed by atoms with Crippen molar-refractivity contribution in [1.82, 2.24) is 0 Å². The molecule has 0 saturated carbocycles. The zero-order valence-corrected chi connectivity index (χ0v) is 17.9.